The van der Waals surface area contributed by atoms with Gasteiger partial charge < -0.3 is 15.7 Å². The number of carbonyl (C=O) groups is 1. The Morgan fingerprint density at radius 3 is 2.47 bits per heavy atom. The molecule has 0 aromatic rings. The number of nitrogens with two attached hydrogens (primary N) is 1. The number of ether oxygens (including phenoxy) is 1. The molecule has 0 fully saturated rings. The summed E-state index contributed by atoms with van der Waals surface area (Å²) in [6, 6.07) is 0. The van der Waals surface area contributed by atoms with Gasteiger partial charge >= 0.3 is 16.3 Å². The zero-order chi connectivity index (χ0) is 13.7. The molecule has 17 heavy (non-hydrogen) atoms. The number of hydrogen-bond donors (Lipinski definition) is 4. The van der Waals surface area contributed by atoms with Gasteiger partial charge in [-0.05, 0) is 0 Å². The molecule has 0 spiro atoms. The average molecular weight is 268 g/mol. The summed E-state index contributed by atoms with van der Waals surface area (Å²) < 4.78 is 30.4. The van der Waals surface area contributed by atoms with Crippen molar-refractivity contribution in [3.05, 3.63) is 0 Å². The SMILES string of the molecule is COC(=O)NS(=O)(=O)NCC(C)(C)C(N)=NO. The van der Waals surface area contributed by atoms with E-state index >= 15 is 0 Å². The monoisotopic (exact) mass is 268 g/mol. The van der Waals surface area contributed by atoms with Gasteiger partial charge in [0.15, 0.2) is 0 Å². The third-order valence-electron chi connectivity index (χ3n) is 1.91. The number of methoxy groups -OCH3 is 1. The highest BCUT2D eigenvalue weighted by Gasteiger charge is 2.26. The highest BCUT2D eigenvalue weighted by Crippen LogP contribution is 2.13. The molecule has 0 unspecified atom stereocenters. The van der Waals surface area contributed by atoms with Crippen LogP contribution in [0.15, 0.2) is 5.16 Å². The Hall–Kier alpha value is -1.55. The summed E-state index contributed by atoms with van der Waals surface area (Å²) in [5.74, 6) is -0.140. The van der Waals surface area contributed by atoms with Crippen LogP contribution in [0.3, 0.4) is 0 Å². The molecular weight excluding hydrogens is 252 g/mol. The molecule has 100 valence electrons. The lowest BCUT2D eigenvalue weighted by atomic mass is 9.93. The van der Waals surface area contributed by atoms with Crippen molar-refractivity contribution in [3.63, 3.8) is 0 Å². The van der Waals surface area contributed by atoms with Crippen molar-refractivity contribution in [2.24, 2.45) is 16.3 Å². The van der Waals surface area contributed by atoms with Gasteiger partial charge in [0.2, 0.25) is 0 Å². The van der Waals surface area contributed by atoms with Gasteiger partial charge in [-0.1, -0.05) is 19.0 Å². The number of amidine groups is 1. The van der Waals surface area contributed by atoms with Gasteiger partial charge in [0, 0.05) is 12.0 Å². The maximum Gasteiger partial charge on any atom is 0.421 e. The Morgan fingerprint density at radius 2 is 2.06 bits per heavy atom. The van der Waals surface area contributed by atoms with Crippen LogP contribution < -0.4 is 15.2 Å². The van der Waals surface area contributed by atoms with Gasteiger partial charge in [-0.15, -0.1) is 0 Å². The second-order valence-corrected chi connectivity index (χ2v) is 5.29. The molecule has 0 aliphatic carbocycles. The number of rotatable bonds is 5. The second kappa shape index (κ2) is 5.68. The number of nitrogens with zero attached hydrogens (tertiary/aromatic N) is 1. The van der Waals surface area contributed by atoms with E-state index in [9.17, 15) is 13.2 Å². The van der Waals surface area contributed by atoms with Gasteiger partial charge in [0.25, 0.3) is 0 Å². The van der Waals surface area contributed by atoms with Crippen molar-refractivity contribution in [1.82, 2.24) is 9.44 Å². The lowest BCUT2D eigenvalue weighted by molar-refractivity contribution is 0.177. The van der Waals surface area contributed by atoms with E-state index in [2.05, 4.69) is 14.6 Å². The van der Waals surface area contributed by atoms with Crippen LogP contribution in [-0.4, -0.2) is 39.2 Å². The molecule has 0 rings (SSSR count). The second-order valence-electron chi connectivity index (χ2n) is 3.79. The Labute approximate surface area is 99.2 Å². The molecular formula is C7H16N4O5S. The van der Waals surface area contributed by atoms with E-state index in [4.69, 9.17) is 10.9 Å². The van der Waals surface area contributed by atoms with Gasteiger partial charge in [-0.25, -0.2) is 9.52 Å². The average Bonchev–Trinajstić information content (AvgIpc) is 2.24. The van der Waals surface area contributed by atoms with Crippen LogP contribution in [-0.2, 0) is 14.9 Å². The number of hydrogen-bond acceptors (Lipinski definition) is 6. The summed E-state index contributed by atoms with van der Waals surface area (Å²) >= 11 is 0. The van der Waals surface area contributed by atoms with Gasteiger partial charge in [0.1, 0.15) is 5.84 Å². The smallest absolute Gasteiger partial charge is 0.421 e. The standard InChI is InChI=1S/C7H16N4O5S/c1-7(2,5(8)10-13)4-9-17(14,15)11-6(12)16-3/h9,13H,4H2,1-3H3,(H2,8,10)(H,11,12). The molecule has 0 bridgehead atoms. The Kier molecular flexibility index (Phi) is 5.16. The highest BCUT2D eigenvalue weighted by atomic mass is 32.2. The molecule has 0 aromatic heterocycles. The van der Waals surface area contributed by atoms with E-state index in [0.717, 1.165) is 7.11 Å². The Morgan fingerprint density at radius 1 is 1.53 bits per heavy atom. The van der Waals surface area contributed by atoms with Crippen LogP contribution in [0.5, 0.6) is 0 Å². The summed E-state index contributed by atoms with van der Waals surface area (Å²) in [6.45, 7) is 2.96. The topological polar surface area (TPSA) is 143 Å². The fourth-order valence-electron chi connectivity index (χ4n) is 0.689. The maximum atomic E-state index is 11.3. The predicted octanol–water partition coefficient (Wildman–Crippen LogP) is -1.05. The predicted molar refractivity (Wildman–Crippen MR) is 59.7 cm³/mol. The van der Waals surface area contributed by atoms with Gasteiger partial charge in [-0.3, -0.25) is 0 Å². The molecule has 0 aliphatic heterocycles. The minimum atomic E-state index is -4.03. The summed E-state index contributed by atoms with van der Waals surface area (Å²) in [4.78, 5) is 10.7. The van der Waals surface area contributed by atoms with Crippen LogP contribution in [0.2, 0.25) is 0 Å². The molecule has 0 saturated carbocycles. The molecule has 1 amide bonds. The summed E-state index contributed by atoms with van der Waals surface area (Å²) in [6.07, 6.45) is -1.11. The van der Waals surface area contributed by atoms with Crippen LogP contribution in [0.4, 0.5) is 4.79 Å². The molecule has 0 atom stereocenters. The normalized spacial score (nSPS) is 13.2. The van der Waals surface area contributed by atoms with E-state index in [1.165, 1.54) is 0 Å². The highest BCUT2D eigenvalue weighted by molar-refractivity contribution is 7.88. The van der Waals surface area contributed by atoms with Crippen molar-refractivity contribution in [2.45, 2.75) is 13.8 Å². The molecule has 0 radical (unpaired) electrons. The van der Waals surface area contributed by atoms with Crippen LogP contribution in [0.25, 0.3) is 0 Å². The molecule has 5 N–H and O–H groups in total. The fraction of sp³-hybridized carbons (Fsp3) is 0.714. The van der Waals surface area contributed by atoms with Crippen LogP contribution in [0, 0.1) is 5.41 Å². The summed E-state index contributed by atoms with van der Waals surface area (Å²) in [5.41, 5.74) is 4.46. The Balaban J connectivity index is 4.52. The van der Waals surface area contributed by atoms with E-state index in [0.29, 0.717) is 0 Å². The first-order chi connectivity index (χ1) is 7.64. The largest absolute Gasteiger partial charge is 0.452 e. The number of oxime groups is 1. The lowest BCUT2D eigenvalue weighted by Gasteiger charge is -2.22. The molecule has 10 heteroatoms. The molecule has 0 saturated heterocycles. The molecule has 9 nitrogen and oxygen atoms in total. The third-order valence-corrected chi connectivity index (χ3v) is 2.87. The maximum absolute atomic E-state index is 11.3. The van der Waals surface area contributed by atoms with E-state index in [-0.39, 0.29) is 12.4 Å². The van der Waals surface area contributed by atoms with Crippen molar-refractivity contribution in [2.75, 3.05) is 13.7 Å². The first-order valence-electron chi connectivity index (χ1n) is 4.48. The summed E-state index contributed by atoms with van der Waals surface area (Å²) in [7, 11) is -3.00. The first kappa shape index (κ1) is 15.4. The molecule has 0 heterocycles. The van der Waals surface area contributed by atoms with Crippen molar-refractivity contribution in [1.29, 1.82) is 0 Å². The number of amides is 1. The molecule has 0 aliphatic rings. The van der Waals surface area contributed by atoms with Crippen LogP contribution >= 0.6 is 0 Å². The minimum absolute atomic E-state index is 0.140. The third kappa shape index (κ3) is 5.36. The first-order valence-corrected chi connectivity index (χ1v) is 5.96. The summed E-state index contributed by atoms with van der Waals surface area (Å²) in [5, 5.41) is 11.3. The van der Waals surface area contributed by atoms with Crippen molar-refractivity contribution in [3.8, 4) is 0 Å². The van der Waals surface area contributed by atoms with E-state index in [1.54, 1.807) is 18.6 Å². The van der Waals surface area contributed by atoms with Gasteiger partial charge in [-0.2, -0.15) is 13.1 Å². The van der Waals surface area contributed by atoms with E-state index < -0.39 is 21.7 Å². The zero-order valence-electron chi connectivity index (χ0n) is 9.72. The van der Waals surface area contributed by atoms with Gasteiger partial charge in [0.05, 0.1) is 7.11 Å². The number of nitrogens with one attached hydrogen (secondary N) is 2. The molecule has 0 aromatic carbocycles. The lowest BCUT2D eigenvalue weighted by Crippen LogP contribution is -2.47. The van der Waals surface area contributed by atoms with Crippen LogP contribution in [0.1, 0.15) is 13.8 Å². The quantitative estimate of drug-likeness (QED) is 0.217. The van der Waals surface area contributed by atoms with Crippen molar-refractivity contribution >= 4 is 22.1 Å². The minimum Gasteiger partial charge on any atom is -0.452 e. The van der Waals surface area contributed by atoms with E-state index in [1.807, 2.05) is 0 Å². The zero-order valence-corrected chi connectivity index (χ0v) is 10.5. The van der Waals surface area contributed by atoms with Crippen molar-refractivity contribution < 1.29 is 23.2 Å². The Bertz CT molecular complexity index is 402. The fourth-order valence-corrected chi connectivity index (χ4v) is 1.61. The number of carbonyl (C=O) groups excluding carboxylic acids is 1.